The summed E-state index contributed by atoms with van der Waals surface area (Å²) < 4.78 is 69.5. The summed E-state index contributed by atoms with van der Waals surface area (Å²) in [5.41, 5.74) is 2.54. The largest absolute Gasteiger partial charge is 0.490 e. The highest BCUT2D eigenvalue weighted by molar-refractivity contribution is 5.94. The number of likely N-dealkylation sites (tertiary alicyclic amines) is 1. The maximum atomic E-state index is 12.9. The van der Waals surface area contributed by atoms with Crippen molar-refractivity contribution >= 4 is 17.8 Å². The highest BCUT2D eigenvalue weighted by Crippen LogP contribution is 2.34. The van der Waals surface area contributed by atoms with Crippen molar-refractivity contribution in [2.75, 3.05) is 39.3 Å². The van der Waals surface area contributed by atoms with Gasteiger partial charge in [-0.3, -0.25) is 9.78 Å². The lowest BCUT2D eigenvalue weighted by Crippen LogP contribution is -2.35. The van der Waals surface area contributed by atoms with Crippen LogP contribution in [-0.2, 0) is 14.3 Å². The van der Waals surface area contributed by atoms with Crippen molar-refractivity contribution in [2.24, 2.45) is 11.8 Å². The molecule has 0 radical (unpaired) electrons. The summed E-state index contributed by atoms with van der Waals surface area (Å²) in [5.74, 6) is -4.39. The fourth-order valence-corrected chi connectivity index (χ4v) is 4.11. The predicted molar refractivity (Wildman–Crippen MR) is 122 cm³/mol. The molecule has 15 heteroatoms. The number of halogens is 6. The van der Waals surface area contributed by atoms with Gasteiger partial charge in [0.15, 0.2) is 0 Å². The second-order valence-corrected chi connectivity index (χ2v) is 8.74. The third kappa shape index (κ3) is 10.1. The van der Waals surface area contributed by atoms with Crippen LogP contribution in [0.3, 0.4) is 0 Å². The molecule has 0 bridgehead atoms. The van der Waals surface area contributed by atoms with Gasteiger partial charge in [0.05, 0.1) is 12.7 Å². The molecular weight excluding hydrogens is 528 g/mol. The van der Waals surface area contributed by atoms with Gasteiger partial charge in [-0.15, -0.1) is 0 Å². The van der Waals surface area contributed by atoms with Gasteiger partial charge in [0.25, 0.3) is 5.91 Å². The normalized spacial score (nSPS) is 20.7. The Labute approximate surface area is 215 Å². The summed E-state index contributed by atoms with van der Waals surface area (Å²) in [4.78, 5) is 39.4. The smallest absolute Gasteiger partial charge is 0.475 e. The van der Waals surface area contributed by atoms with Crippen molar-refractivity contribution in [3.8, 4) is 0 Å². The Hall–Kier alpha value is -2.94. The summed E-state index contributed by atoms with van der Waals surface area (Å²) >= 11 is 0. The summed E-state index contributed by atoms with van der Waals surface area (Å²) in [6.07, 6.45) is -9.96. The van der Waals surface area contributed by atoms with Crippen LogP contribution >= 0.6 is 0 Å². The molecule has 2 aliphatic rings. The standard InChI is InChI=1S/C19H29N3O2.2C2HF3O2/c1-5-21(6-2)9-16-12-24-18-11-22(10-17(16)18)19(23)15-7-13(3)20-14(4)8-15;2*3-2(4,5)1(6)7/h7-8,16-18H,5-6,9-12H2,1-4H3;2*(H,6,7)/t16-,17+,18+;;/m0../s1. The Kier molecular flexibility index (Phi) is 12.0. The molecule has 3 heterocycles. The molecule has 2 fully saturated rings. The van der Waals surface area contributed by atoms with E-state index in [1.165, 1.54) is 0 Å². The fraction of sp³-hybridized carbons (Fsp3) is 0.652. The van der Waals surface area contributed by atoms with Crippen LogP contribution in [0.5, 0.6) is 0 Å². The van der Waals surface area contributed by atoms with Gasteiger partial charge >= 0.3 is 24.3 Å². The van der Waals surface area contributed by atoms with Gasteiger partial charge in [-0.1, -0.05) is 13.8 Å². The molecule has 2 aliphatic heterocycles. The quantitative estimate of drug-likeness (QED) is 0.527. The molecular formula is C23H31F6N3O6. The van der Waals surface area contributed by atoms with Crippen molar-refractivity contribution in [1.82, 2.24) is 14.8 Å². The summed E-state index contributed by atoms with van der Waals surface area (Å²) in [6, 6.07) is 3.77. The number of carbonyl (C=O) groups is 3. The summed E-state index contributed by atoms with van der Waals surface area (Å²) in [5, 5.41) is 14.2. The number of hydrogen-bond donors (Lipinski definition) is 2. The van der Waals surface area contributed by atoms with E-state index < -0.39 is 24.3 Å². The molecule has 0 aliphatic carbocycles. The first-order valence-corrected chi connectivity index (χ1v) is 11.6. The number of ether oxygens (including phenoxy) is 1. The number of hydrogen-bond acceptors (Lipinski definition) is 6. The SMILES string of the molecule is CCN(CC)C[C@H]1CO[C@@H]2CN(C(=O)c3cc(C)nc(C)c3)C[C@H]12.O=C(O)C(F)(F)F.O=C(O)C(F)(F)F. The number of carboxylic acids is 2. The molecule has 0 aromatic carbocycles. The topological polar surface area (TPSA) is 120 Å². The molecule has 9 nitrogen and oxygen atoms in total. The average molecular weight is 560 g/mol. The highest BCUT2D eigenvalue weighted by atomic mass is 19.4. The number of pyridine rings is 1. The van der Waals surface area contributed by atoms with Crippen LogP contribution in [0.1, 0.15) is 35.6 Å². The Bertz CT molecular complexity index is 924. The van der Waals surface area contributed by atoms with Crippen LogP contribution in [0.4, 0.5) is 26.3 Å². The number of aromatic nitrogens is 1. The zero-order chi connectivity index (χ0) is 29.4. The number of carboxylic acid groups (broad SMARTS) is 2. The van der Waals surface area contributed by atoms with Gasteiger partial charge in [0.1, 0.15) is 0 Å². The van der Waals surface area contributed by atoms with Gasteiger partial charge in [-0.25, -0.2) is 9.59 Å². The van der Waals surface area contributed by atoms with E-state index in [9.17, 15) is 31.1 Å². The van der Waals surface area contributed by atoms with Gasteiger partial charge in [0, 0.05) is 48.4 Å². The molecule has 216 valence electrons. The molecule has 38 heavy (non-hydrogen) atoms. The molecule has 0 saturated carbocycles. The highest BCUT2D eigenvalue weighted by Gasteiger charge is 2.45. The molecule has 2 N–H and O–H groups in total. The predicted octanol–water partition coefficient (Wildman–Crippen LogP) is 3.39. The first-order valence-electron chi connectivity index (χ1n) is 11.6. The van der Waals surface area contributed by atoms with Crippen LogP contribution < -0.4 is 0 Å². The molecule has 2 saturated heterocycles. The maximum Gasteiger partial charge on any atom is 0.490 e. The molecule has 1 amide bonds. The zero-order valence-corrected chi connectivity index (χ0v) is 21.3. The average Bonchev–Trinajstić information content (AvgIpc) is 3.37. The number of rotatable bonds is 5. The van der Waals surface area contributed by atoms with Gasteiger partial charge < -0.3 is 24.7 Å². The summed E-state index contributed by atoms with van der Waals surface area (Å²) in [6.45, 7) is 13.9. The second-order valence-electron chi connectivity index (χ2n) is 8.74. The van der Waals surface area contributed by atoms with E-state index in [0.717, 1.165) is 56.3 Å². The Balaban J connectivity index is 0.000000426. The maximum absolute atomic E-state index is 12.9. The Morgan fingerprint density at radius 2 is 1.42 bits per heavy atom. The fourth-order valence-electron chi connectivity index (χ4n) is 4.11. The van der Waals surface area contributed by atoms with E-state index in [-0.39, 0.29) is 12.0 Å². The number of amides is 1. The minimum Gasteiger partial charge on any atom is -0.475 e. The van der Waals surface area contributed by atoms with Gasteiger partial charge in [-0.2, -0.15) is 26.3 Å². The first kappa shape index (κ1) is 33.1. The van der Waals surface area contributed by atoms with Crippen LogP contribution in [0, 0.1) is 25.7 Å². The van der Waals surface area contributed by atoms with E-state index in [1.54, 1.807) is 0 Å². The van der Waals surface area contributed by atoms with Crippen LogP contribution in [0.2, 0.25) is 0 Å². The number of alkyl halides is 6. The van der Waals surface area contributed by atoms with E-state index in [0.29, 0.717) is 11.8 Å². The van der Waals surface area contributed by atoms with Crippen molar-refractivity contribution in [1.29, 1.82) is 0 Å². The third-order valence-electron chi connectivity index (χ3n) is 5.93. The van der Waals surface area contributed by atoms with E-state index >= 15 is 0 Å². The molecule has 3 atom stereocenters. The van der Waals surface area contributed by atoms with Crippen LogP contribution in [-0.4, -0.2) is 101 Å². The number of fused-ring (bicyclic) bond motifs is 1. The minimum absolute atomic E-state index is 0.114. The molecule has 3 rings (SSSR count). The van der Waals surface area contributed by atoms with Crippen molar-refractivity contribution in [3.05, 3.63) is 29.1 Å². The number of nitrogens with zero attached hydrogens (tertiary/aromatic N) is 3. The van der Waals surface area contributed by atoms with Crippen LogP contribution in [0.25, 0.3) is 0 Å². The third-order valence-corrected chi connectivity index (χ3v) is 5.93. The van der Waals surface area contributed by atoms with E-state index in [2.05, 4.69) is 23.7 Å². The minimum atomic E-state index is -5.08. The van der Waals surface area contributed by atoms with Gasteiger partial charge in [0.2, 0.25) is 0 Å². The van der Waals surface area contributed by atoms with Gasteiger partial charge in [-0.05, 0) is 39.1 Å². The number of carbonyl (C=O) groups excluding carboxylic acids is 1. The van der Waals surface area contributed by atoms with E-state index in [4.69, 9.17) is 24.5 Å². The van der Waals surface area contributed by atoms with Crippen LogP contribution in [0.15, 0.2) is 12.1 Å². The van der Waals surface area contributed by atoms with E-state index in [1.807, 2.05) is 30.9 Å². The lowest BCUT2D eigenvalue weighted by atomic mass is 9.92. The molecule has 1 aromatic rings. The molecule has 1 aromatic heterocycles. The first-order chi connectivity index (χ1) is 17.4. The number of aryl methyl sites for hydroxylation is 2. The molecule has 0 unspecified atom stereocenters. The lowest BCUT2D eigenvalue weighted by Gasteiger charge is -2.25. The zero-order valence-electron chi connectivity index (χ0n) is 21.3. The monoisotopic (exact) mass is 559 g/mol. The van der Waals surface area contributed by atoms with Crippen molar-refractivity contribution in [3.63, 3.8) is 0 Å². The Morgan fingerprint density at radius 3 is 1.82 bits per heavy atom. The second kappa shape index (κ2) is 13.7. The number of aliphatic carboxylic acids is 2. The van der Waals surface area contributed by atoms with Crippen molar-refractivity contribution in [2.45, 2.75) is 46.2 Å². The summed E-state index contributed by atoms with van der Waals surface area (Å²) in [7, 11) is 0. The Morgan fingerprint density at radius 1 is 0.974 bits per heavy atom. The lowest BCUT2D eigenvalue weighted by molar-refractivity contribution is -0.193. The molecule has 0 spiro atoms. The van der Waals surface area contributed by atoms with Crippen molar-refractivity contribution < 1.29 is 55.7 Å².